The fourth-order valence-corrected chi connectivity index (χ4v) is 1.31. The van der Waals surface area contributed by atoms with Crippen molar-refractivity contribution < 1.29 is 4.79 Å². The first-order chi connectivity index (χ1) is 8.20. The van der Waals surface area contributed by atoms with Gasteiger partial charge in [0, 0.05) is 0 Å². The Kier molecular flexibility index (Phi) is 2.97. The number of hydrogen-bond donors (Lipinski definition) is 3. The van der Waals surface area contributed by atoms with Crippen LogP contribution in [0.25, 0.3) is 0 Å². The number of aryl methyl sites for hydroxylation is 1. The maximum absolute atomic E-state index is 11.9. The van der Waals surface area contributed by atoms with Crippen LogP contribution in [0.1, 0.15) is 10.4 Å². The van der Waals surface area contributed by atoms with Crippen molar-refractivity contribution in [2.45, 2.75) is 0 Å². The van der Waals surface area contributed by atoms with Crippen LogP contribution in [0, 0.1) is 0 Å². The molecule has 4 N–H and O–H groups in total. The molecule has 0 spiro atoms. The molecule has 0 aliphatic heterocycles. The van der Waals surface area contributed by atoms with Crippen molar-refractivity contribution in [1.82, 2.24) is 20.2 Å². The van der Waals surface area contributed by atoms with Crippen LogP contribution in [-0.2, 0) is 7.05 Å². The zero-order valence-corrected chi connectivity index (χ0v) is 9.08. The van der Waals surface area contributed by atoms with Gasteiger partial charge >= 0.3 is 0 Å². The minimum Gasteiger partial charge on any atom is -0.323 e. The molecule has 1 aromatic carbocycles. The number of para-hydroxylation sites is 1. The van der Waals surface area contributed by atoms with E-state index in [-0.39, 0.29) is 11.9 Å². The Morgan fingerprint density at radius 3 is 2.82 bits per heavy atom. The van der Waals surface area contributed by atoms with E-state index in [1.54, 1.807) is 31.3 Å². The highest BCUT2D eigenvalue weighted by atomic mass is 16.1. The SMILES string of the molecule is Cn1nnc(NC(=O)c2ccccc2NN)n1. The molecule has 17 heavy (non-hydrogen) atoms. The lowest BCUT2D eigenvalue weighted by Crippen LogP contribution is -2.17. The Bertz CT molecular complexity index is 536. The second kappa shape index (κ2) is 4.58. The highest BCUT2D eigenvalue weighted by molar-refractivity contribution is 6.07. The highest BCUT2D eigenvalue weighted by Gasteiger charge is 2.12. The molecule has 1 amide bonds. The summed E-state index contributed by atoms with van der Waals surface area (Å²) in [6.07, 6.45) is 0. The first-order valence-electron chi connectivity index (χ1n) is 4.81. The molecule has 0 aliphatic rings. The van der Waals surface area contributed by atoms with Crippen LogP contribution < -0.4 is 16.6 Å². The van der Waals surface area contributed by atoms with E-state index < -0.39 is 0 Å². The van der Waals surface area contributed by atoms with Gasteiger partial charge in [-0.2, -0.15) is 4.80 Å². The lowest BCUT2D eigenvalue weighted by atomic mass is 10.1. The number of carbonyl (C=O) groups is 1. The van der Waals surface area contributed by atoms with Crippen molar-refractivity contribution in [1.29, 1.82) is 0 Å². The minimum absolute atomic E-state index is 0.143. The van der Waals surface area contributed by atoms with Gasteiger partial charge in [-0.1, -0.05) is 17.2 Å². The summed E-state index contributed by atoms with van der Waals surface area (Å²) in [4.78, 5) is 13.1. The van der Waals surface area contributed by atoms with E-state index in [1.807, 2.05) is 0 Å². The van der Waals surface area contributed by atoms with Crippen molar-refractivity contribution in [3.8, 4) is 0 Å². The Morgan fingerprint density at radius 2 is 2.18 bits per heavy atom. The van der Waals surface area contributed by atoms with Crippen molar-refractivity contribution >= 4 is 17.5 Å². The largest absolute Gasteiger partial charge is 0.323 e. The monoisotopic (exact) mass is 233 g/mol. The predicted molar refractivity (Wildman–Crippen MR) is 61.0 cm³/mol. The maximum Gasteiger partial charge on any atom is 0.270 e. The van der Waals surface area contributed by atoms with Crippen LogP contribution >= 0.6 is 0 Å². The van der Waals surface area contributed by atoms with Crippen molar-refractivity contribution in [3.05, 3.63) is 29.8 Å². The molecular weight excluding hydrogens is 222 g/mol. The zero-order chi connectivity index (χ0) is 12.3. The second-order valence-electron chi connectivity index (χ2n) is 3.25. The molecule has 2 rings (SSSR count). The average Bonchev–Trinajstić information content (AvgIpc) is 2.74. The van der Waals surface area contributed by atoms with E-state index >= 15 is 0 Å². The molecule has 0 atom stereocenters. The summed E-state index contributed by atoms with van der Waals surface area (Å²) in [5.74, 6) is 5.10. The molecule has 1 heterocycles. The number of hydrazine groups is 1. The summed E-state index contributed by atoms with van der Waals surface area (Å²) in [5.41, 5.74) is 3.37. The number of aromatic nitrogens is 4. The van der Waals surface area contributed by atoms with Gasteiger partial charge < -0.3 is 5.43 Å². The van der Waals surface area contributed by atoms with Gasteiger partial charge in [0.05, 0.1) is 18.3 Å². The Morgan fingerprint density at radius 1 is 1.41 bits per heavy atom. The van der Waals surface area contributed by atoms with Gasteiger partial charge in [0.15, 0.2) is 0 Å². The normalized spacial score (nSPS) is 10.0. The average molecular weight is 233 g/mol. The Hall–Kier alpha value is -2.48. The summed E-state index contributed by atoms with van der Waals surface area (Å²) in [5, 5.41) is 13.6. The molecule has 0 fully saturated rings. The van der Waals surface area contributed by atoms with E-state index in [0.717, 1.165) is 0 Å². The fraction of sp³-hybridized carbons (Fsp3) is 0.111. The predicted octanol–water partition coefficient (Wildman–Crippen LogP) is -0.252. The summed E-state index contributed by atoms with van der Waals surface area (Å²) in [6.45, 7) is 0. The zero-order valence-electron chi connectivity index (χ0n) is 9.08. The van der Waals surface area contributed by atoms with Crippen LogP contribution in [0.5, 0.6) is 0 Å². The Balaban J connectivity index is 2.20. The van der Waals surface area contributed by atoms with E-state index in [9.17, 15) is 4.79 Å². The van der Waals surface area contributed by atoms with E-state index in [0.29, 0.717) is 11.3 Å². The van der Waals surface area contributed by atoms with Crippen molar-refractivity contribution in [2.24, 2.45) is 12.9 Å². The molecule has 8 heteroatoms. The molecule has 8 nitrogen and oxygen atoms in total. The van der Waals surface area contributed by atoms with Gasteiger partial charge in [-0.05, 0) is 17.3 Å². The number of carbonyl (C=O) groups excluding carboxylic acids is 1. The van der Waals surface area contributed by atoms with Crippen LogP contribution in [0.4, 0.5) is 11.6 Å². The lowest BCUT2D eigenvalue weighted by molar-refractivity contribution is 0.102. The summed E-state index contributed by atoms with van der Waals surface area (Å²) in [6, 6.07) is 6.84. The van der Waals surface area contributed by atoms with E-state index in [2.05, 4.69) is 26.2 Å². The number of nitrogen functional groups attached to an aromatic ring is 1. The number of rotatable bonds is 3. The topological polar surface area (TPSA) is 111 Å². The summed E-state index contributed by atoms with van der Waals surface area (Å²) >= 11 is 0. The quantitative estimate of drug-likeness (QED) is 0.498. The third-order valence-electron chi connectivity index (χ3n) is 2.06. The van der Waals surface area contributed by atoms with Gasteiger partial charge in [-0.3, -0.25) is 16.0 Å². The van der Waals surface area contributed by atoms with Crippen molar-refractivity contribution in [2.75, 3.05) is 10.7 Å². The smallest absolute Gasteiger partial charge is 0.270 e. The number of tetrazole rings is 1. The molecule has 1 aromatic heterocycles. The van der Waals surface area contributed by atoms with Crippen LogP contribution in [0.15, 0.2) is 24.3 Å². The molecule has 0 bridgehead atoms. The number of nitrogens with zero attached hydrogens (tertiary/aromatic N) is 4. The summed E-state index contributed by atoms with van der Waals surface area (Å²) in [7, 11) is 1.61. The molecular formula is C9H11N7O. The van der Waals surface area contributed by atoms with Crippen molar-refractivity contribution in [3.63, 3.8) is 0 Å². The highest BCUT2D eigenvalue weighted by Crippen LogP contribution is 2.14. The summed E-state index contributed by atoms with van der Waals surface area (Å²) < 4.78 is 0. The van der Waals surface area contributed by atoms with Gasteiger partial charge in [0.1, 0.15) is 0 Å². The number of nitrogens with one attached hydrogen (secondary N) is 2. The van der Waals surface area contributed by atoms with Crippen LogP contribution in [-0.4, -0.2) is 26.1 Å². The molecule has 88 valence electrons. The van der Waals surface area contributed by atoms with E-state index in [1.165, 1.54) is 4.80 Å². The van der Waals surface area contributed by atoms with Crippen LogP contribution in [0.3, 0.4) is 0 Å². The molecule has 0 aliphatic carbocycles. The fourth-order valence-electron chi connectivity index (χ4n) is 1.31. The Labute approximate surface area is 96.8 Å². The second-order valence-corrected chi connectivity index (χ2v) is 3.25. The standard InChI is InChI=1S/C9H11N7O/c1-16-14-9(13-15-16)11-8(17)6-4-2-3-5-7(6)12-10/h2-5,12H,10H2,1H3,(H,11,14,17). The third kappa shape index (κ3) is 2.37. The molecule has 0 saturated carbocycles. The number of anilines is 2. The molecule has 2 aromatic rings. The molecule has 0 unspecified atom stereocenters. The number of benzene rings is 1. The van der Waals surface area contributed by atoms with Gasteiger partial charge in [-0.25, -0.2) is 0 Å². The first-order valence-corrected chi connectivity index (χ1v) is 4.81. The minimum atomic E-state index is -0.355. The van der Waals surface area contributed by atoms with E-state index in [4.69, 9.17) is 5.84 Å². The van der Waals surface area contributed by atoms with Crippen LogP contribution in [0.2, 0.25) is 0 Å². The van der Waals surface area contributed by atoms with Gasteiger partial charge in [0.25, 0.3) is 11.9 Å². The third-order valence-corrected chi connectivity index (χ3v) is 2.06. The number of nitrogens with two attached hydrogens (primary N) is 1. The number of amides is 1. The molecule has 0 saturated heterocycles. The molecule has 0 radical (unpaired) electrons. The lowest BCUT2D eigenvalue weighted by Gasteiger charge is -2.06. The number of hydrogen-bond acceptors (Lipinski definition) is 6. The first kappa shape index (κ1) is 11.0. The maximum atomic E-state index is 11.9. The van der Waals surface area contributed by atoms with Gasteiger partial charge in [-0.15, -0.1) is 5.10 Å². The van der Waals surface area contributed by atoms with Gasteiger partial charge in [0.2, 0.25) is 0 Å².